The molecule has 2 unspecified atom stereocenters. The van der Waals surface area contributed by atoms with Crippen molar-refractivity contribution in [2.75, 3.05) is 20.3 Å². The van der Waals surface area contributed by atoms with Gasteiger partial charge in [-0.2, -0.15) is 0 Å². The van der Waals surface area contributed by atoms with E-state index in [1.54, 1.807) is 7.11 Å². The van der Waals surface area contributed by atoms with Gasteiger partial charge in [-0.1, -0.05) is 37.6 Å². The number of hydrogen-bond acceptors (Lipinski definition) is 2. The Morgan fingerprint density at radius 1 is 1.41 bits per heavy atom. The van der Waals surface area contributed by atoms with Crippen LogP contribution in [0.25, 0.3) is 0 Å². The quantitative estimate of drug-likeness (QED) is 0.782. The topological polar surface area (TPSA) is 21.3 Å². The van der Waals surface area contributed by atoms with Crippen LogP contribution in [0.1, 0.15) is 36.8 Å². The lowest BCUT2D eigenvalue weighted by molar-refractivity contribution is 0.160. The van der Waals surface area contributed by atoms with E-state index in [-0.39, 0.29) is 0 Å². The maximum atomic E-state index is 5.25. The number of methoxy groups -OCH3 is 1. The van der Waals surface area contributed by atoms with Crippen LogP contribution in [-0.2, 0) is 11.2 Å². The highest BCUT2D eigenvalue weighted by Gasteiger charge is 2.25. The van der Waals surface area contributed by atoms with Crippen LogP contribution in [-0.4, -0.2) is 26.3 Å². The molecule has 2 rings (SSSR count). The Bertz CT molecular complexity index is 345. The third-order valence-electron chi connectivity index (χ3n) is 3.62. The van der Waals surface area contributed by atoms with Gasteiger partial charge in [0, 0.05) is 25.6 Å². The molecule has 1 N–H and O–H groups in total. The van der Waals surface area contributed by atoms with Crippen molar-refractivity contribution in [3.63, 3.8) is 0 Å². The molecular weight excluding hydrogens is 210 g/mol. The standard InChI is InChI=1S/C15H23NO/c1-3-6-14(11-17-2)16-10-13-9-12-7-4-5-8-15(12)13/h4-5,7-8,13-14,16H,3,6,9-11H2,1-2H3. The summed E-state index contributed by atoms with van der Waals surface area (Å²) in [7, 11) is 1.78. The van der Waals surface area contributed by atoms with Gasteiger partial charge >= 0.3 is 0 Å². The molecule has 0 aromatic heterocycles. The second kappa shape index (κ2) is 6.18. The summed E-state index contributed by atoms with van der Waals surface area (Å²) in [5.74, 6) is 0.711. The highest BCUT2D eigenvalue weighted by Crippen LogP contribution is 2.34. The number of benzene rings is 1. The third-order valence-corrected chi connectivity index (χ3v) is 3.62. The number of hydrogen-bond donors (Lipinski definition) is 1. The van der Waals surface area contributed by atoms with Gasteiger partial charge in [0.2, 0.25) is 0 Å². The second-order valence-electron chi connectivity index (χ2n) is 4.95. The molecule has 0 aliphatic heterocycles. The van der Waals surface area contributed by atoms with Crippen molar-refractivity contribution in [2.45, 2.75) is 38.1 Å². The van der Waals surface area contributed by atoms with Crippen molar-refractivity contribution < 1.29 is 4.74 Å². The fourth-order valence-corrected chi connectivity index (χ4v) is 2.65. The van der Waals surface area contributed by atoms with Crippen LogP contribution >= 0.6 is 0 Å². The summed E-state index contributed by atoms with van der Waals surface area (Å²) >= 11 is 0. The smallest absolute Gasteiger partial charge is 0.0615 e. The molecule has 2 nitrogen and oxygen atoms in total. The van der Waals surface area contributed by atoms with Gasteiger partial charge in [-0.25, -0.2) is 0 Å². The molecule has 0 radical (unpaired) electrons. The van der Waals surface area contributed by atoms with Gasteiger partial charge in [-0.05, 0) is 24.0 Å². The number of fused-ring (bicyclic) bond motifs is 1. The second-order valence-corrected chi connectivity index (χ2v) is 4.95. The zero-order chi connectivity index (χ0) is 12.1. The van der Waals surface area contributed by atoms with Gasteiger partial charge in [0.1, 0.15) is 0 Å². The minimum absolute atomic E-state index is 0.512. The monoisotopic (exact) mass is 233 g/mol. The normalized spacial score (nSPS) is 19.5. The predicted molar refractivity (Wildman–Crippen MR) is 71.5 cm³/mol. The SMILES string of the molecule is CCCC(COC)NCC1Cc2ccccc21. The lowest BCUT2D eigenvalue weighted by atomic mass is 9.77. The van der Waals surface area contributed by atoms with Crippen LogP contribution in [0.4, 0.5) is 0 Å². The molecule has 0 bridgehead atoms. The van der Waals surface area contributed by atoms with E-state index in [9.17, 15) is 0 Å². The first kappa shape index (κ1) is 12.6. The van der Waals surface area contributed by atoms with E-state index in [2.05, 4.69) is 36.5 Å². The van der Waals surface area contributed by atoms with Crippen LogP contribution in [0.15, 0.2) is 24.3 Å². The minimum Gasteiger partial charge on any atom is -0.383 e. The molecule has 0 spiro atoms. The zero-order valence-corrected chi connectivity index (χ0v) is 10.9. The summed E-state index contributed by atoms with van der Waals surface area (Å²) in [6.07, 6.45) is 3.64. The van der Waals surface area contributed by atoms with Crippen LogP contribution in [0.5, 0.6) is 0 Å². The Balaban J connectivity index is 1.79. The summed E-state index contributed by atoms with van der Waals surface area (Å²) < 4.78 is 5.25. The molecule has 2 heteroatoms. The molecule has 0 heterocycles. The molecule has 17 heavy (non-hydrogen) atoms. The van der Waals surface area contributed by atoms with Crippen molar-refractivity contribution >= 4 is 0 Å². The van der Waals surface area contributed by atoms with Crippen LogP contribution in [0.3, 0.4) is 0 Å². The van der Waals surface area contributed by atoms with E-state index in [0.717, 1.165) is 13.2 Å². The molecule has 1 aliphatic rings. The largest absolute Gasteiger partial charge is 0.383 e. The molecule has 2 atom stereocenters. The molecule has 0 saturated carbocycles. The first-order valence-corrected chi connectivity index (χ1v) is 6.65. The van der Waals surface area contributed by atoms with Crippen molar-refractivity contribution in [3.05, 3.63) is 35.4 Å². The van der Waals surface area contributed by atoms with Crippen molar-refractivity contribution in [1.82, 2.24) is 5.32 Å². The van der Waals surface area contributed by atoms with Crippen LogP contribution < -0.4 is 5.32 Å². The zero-order valence-electron chi connectivity index (χ0n) is 10.9. The molecule has 0 fully saturated rings. The Labute approximate surface area is 104 Å². The van der Waals surface area contributed by atoms with Crippen LogP contribution in [0, 0.1) is 0 Å². The highest BCUT2D eigenvalue weighted by atomic mass is 16.5. The predicted octanol–water partition coefficient (Wildman–Crippen LogP) is 2.73. The summed E-state index contributed by atoms with van der Waals surface area (Å²) in [4.78, 5) is 0. The highest BCUT2D eigenvalue weighted by molar-refractivity contribution is 5.40. The van der Waals surface area contributed by atoms with Gasteiger partial charge < -0.3 is 10.1 Å². The van der Waals surface area contributed by atoms with Crippen molar-refractivity contribution in [3.8, 4) is 0 Å². The Morgan fingerprint density at radius 2 is 2.24 bits per heavy atom. The molecule has 94 valence electrons. The summed E-state index contributed by atoms with van der Waals surface area (Å²) in [6.45, 7) is 4.14. The fourth-order valence-electron chi connectivity index (χ4n) is 2.65. The van der Waals surface area contributed by atoms with E-state index < -0.39 is 0 Å². The van der Waals surface area contributed by atoms with Gasteiger partial charge in [0.15, 0.2) is 0 Å². The maximum Gasteiger partial charge on any atom is 0.0615 e. The molecule has 0 amide bonds. The first-order valence-electron chi connectivity index (χ1n) is 6.65. The lowest BCUT2D eigenvalue weighted by Gasteiger charge is -2.31. The van der Waals surface area contributed by atoms with Crippen molar-refractivity contribution in [2.24, 2.45) is 0 Å². The average molecular weight is 233 g/mol. The van der Waals surface area contributed by atoms with E-state index >= 15 is 0 Å². The lowest BCUT2D eigenvalue weighted by Crippen LogP contribution is -2.38. The molecule has 1 aliphatic carbocycles. The van der Waals surface area contributed by atoms with Gasteiger partial charge in [-0.3, -0.25) is 0 Å². The number of nitrogens with one attached hydrogen (secondary N) is 1. The van der Waals surface area contributed by atoms with Gasteiger partial charge in [0.25, 0.3) is 0 Å². The molecule has 1 aromatic carbocycles. The van der Waals surface area contributed by atoms with Gasteiger partial charge in [-0.15, -0.1) is 0 Å². The third kappa shape index (κ3) is 3.08. The average Bonchev–Trinajstić information content (AvgIpc) is 2.31. The first-order chi connectivity index (χ1) is 8.35. The van der Waals surface area contributed by atoms with Crippen LogP contribution in [0.2, 0.25) is 0 Å². The Hall–Kier alpha value is -0.860. The summed E-state index contributed by atoms with van der Waals surface area (Å²) in [6, 6.07) is 9.29. The molecular formula is C15H23NO. The van der Waals surface area contributed by atoms with E-state index in [0.29, 0.717) is 12.0 Å². The molecule has 0 saturated heterocycles. The Kier molecular flexibility index (Phi) is 4.57. The van der Waals surface area contributed by atoms with Crippen molar-refractivity contribution in [1.29, 1.82) is 0 Å². The van der Waals surface area contributed by atoms with E-state index in [1.807, 2.05) is 0 Å². The number of ether oxygens (including phenoxy) is 1. The fraction of sp³-hybridized carbons (Fsp3) is 0.600. The van der Waals surface area contributed by atoms with Gasteiger partial charge in [0.05, 0.1) is 6.61 Å². The van der Waals surface area contributed by atoms with E-state index in [4.69, 9.17) is 4.74 Å². The molecule has 1 aromatic rings. The summed E-state index contributed by atoms with van der Waals surface area (Å²) in [5, 5.41) is 3.64. The summed E-state index contributed by atoms with van der Waals surface area (Å²) in [5.41, 5.74) is 3.06. The number of rotatable bonds is 7. The van der Waals surface area contributed by atoms with E-state index in [1.165, 1.54) is 30.4 Å². The minimum atomic E-state index is 0.512. The maximum absolute atomic E-state index is 5.25. The Morgan fingerprint density at radius 3 is 2.94 bits per heavy atom.